The molecule has 1 aromatic heterocycles. The third-order valence-corrected chi connectivity index (χ3v) is 4.84. The van der Waals surface area contributed by atoms with Crippen LogP contribution in [0.5, 0.6) is 0 Å². The fraction of sp³-hybridized carbons (Fsp3) is 0.143. The molecule has 8 nitrogen and oxygen atoms in total. The molecule has 1 aliphatic rings. The summed E-state index contributed by atoms with van der Waals surface area (Å²) < 4.78 is 1.74. The van der Waals surface area contributed by atoms with Gasteiger partial charge in [-0.1, -0.05) is 24.3 Å². The highest BCUT2D eigenvalue weighted by atomic mass is 16.2. The summed E-state index contributed by atoms with van der Waals surface area (Å²) in [5, 5.41) is 11.9. The number of carbonyl (C=O) groups excluding carboxylic acids is 3. The number of carbonyl (C=O) groups is 3. The van der Waals surface area contributed by atoms with E-state index in [2.05, 4.69) is 21.0 Å². The summed E-state index contributed by atoms with van der Waals surface area (Å²) in [5.74, 6) is -0.609. The molecule has 0 saturated carbocycles. The SMILES string of the molecule is C[C@@]1(c2cccc(NC(=O)Cc3ccc(-n4cccn4)cc3)c2)NC(=O)NC1=O. The van der Waals surface area contributed by atoms with Crippen molar-refractivity contribution >= 4 is 23.5 Å². The molecule has 2 aromatic carbocycles. The number of imide groups is 1. The Morgan fingerprint density at radius 3 is 2.59 bits per heavy atom. The van der Waals surface area contributed by atoms with E-state index in [1.54, 1.807) is 42.1 Å². The lowest BCUT2D eigenvalue weighted by Gasteiger charge is -2.21. The quantitative estimate of drug-likeness (QED) is 0.581. The summed E-state index contributed by atoms with van der Waals surface area (Å²) in [6.07, 6.45) is 3.76. The number of hydrogen-bond acceptors (Lipinski definition) is 4. The molecule has 3 N–H and O–H groups in total. The van der Waals surface area contributed by atoms with Crippen LogP contribution in [0.2, 0.25) is 0 Å². The highest BCUT2D eigenvalue weighted by Crippen LogP contribution is 2.26. The zero-order chi connectivity index (χ0) is 20.4. The number of benzene rings is 2. The third kappa shape index (κ3) is 3.73. The average Bonchev–Trinajstić information content (AvgIpc) is 3.31. The van der Waals surface area contributed by atoms with Crippen LogP contribution in [0.4, 0.5) is 10.5 Å². The van der Waals surface area contributed by atoms with Gasteiger partial charge in [0.05, 0.1) is 12.1 Å². The molecular formula is C21H19N5O3. The molecule has 29 heavy (non-hydrogen) atoms. The predicted octanol–water partition coefficient (Wildman–Crippen LogP) is 2.11. The lowest BCUT2D eigenvalue weighted by atomic mass is 9.92. The standard InChI is InChI=1S/C21H19N5O3/c1-21(19(28)24-20(29)25-21)15-4-2-5-16(13-15)23-18(27)12-14-6-8-17(9-7-14)26-11-3-10-22-26/h2-11,13H,12H2,1H3,(H,23,27)(H2,24,25,28,29)/t21-/m0/s1. The second kappa shape index (κ2) is 7.23. The molecule has 0 unspecified atom stereocenters. The van der Waals surface area contributed by atoms with Gasteiger partial charge >= 0.3 is 6.03 Å². The molecule has 1 aliphatic heterocycles. The summed E-state index contributed by atoms with van der Waals surface area (Å²) >= 11 is 0. The normalized spacial score (nSPS) is 18.2. The van der Waals surface area contributed by atoms with Crippen molar-refractivity contribution in [3.05, 3.63) is 78.1 Å². The maximum absolute atomic E-state index is 12.4. The van der Waals surface area contributed by atoms with Crippen LogP contribution in [0.3, 0.4) is 0 Å². The highest BCUT2D eigenvalue weighted by molar-refractivity contribution is 6.07. The van der Waals surface area contributed by atoms with Crippen molar-refractivity contribution in [2.45, 2.75) is 18.9 Å². The van der Waals surface area contributed by atoms with Gasteiger partial charge in [-0.15, -0.1) is 0 Å². The summed E-state index contributed by atoms with van der Waals surface area (Å²) in [4.78, 5) is 36.0. The number of anilines is 1. The van der Waals surface area contributed by atoms with Crippen LogP contribution in [0.15, 0.2) is 67.0 Å². The number of urea groups is 1. The molecule has 1 saturated heterocycles. The largest absolute Gasteiger partial charge is 0.326 e. The smallest absolute Gasteiger partial charge is 0.322 e. The summed E-state index contributed by atoms with van der Waals surface area (Å²) in [5.41, 5.74) is 1.75. The Balaban J connectivity index is 1.44. The Hall–Kier alpha value is -3.94. The minimum Gasteiger partial charge on any atom is -0.326 e. The molecule has 2 heterocycles. The highest BCUT2D eigenvalue weighted by Gasteiger charge is 2.43. The first kappa shape index (κ1) is 18.4. The second-order valence-electron chi connectivity index (χ2n) is 6.96. The van der Waals surface area contributed by atoms with Crippen molar-refractivity contribution in [2.24, 2.45) is 0 Å². The predicted molar refractivity (Wildman–Crippen MR) is 106 cm³/mol. The monoisotopic (exact) mass is 389 g/mol. The minimum absolute atomic E-state index is 0.181. The van der Waals surface area contributed by atoms with E-state index in [-0.39, 0.29) is 12.3 Å². The molecule has 1 atom stereocenters. The Bertz CT molecular complexity index is 1080. The maximum atomic E-state index is 12.4. The van der Waals surface area contributed by atoms with E-state index in [1.165, 1.54) is 0 Å². The lowest BCUT2D eigenvalue weighted by Crippen LogP contribution is -2.40. The molecule has 0 bridgehead atoms. The van der Waals surface area contributed by atoms with Gasteiger partial charge < -0.3 is 10.6 Å². The Morgan fingerprint density at radius 1 is 1.14 bits per heavy atom. The lowest BCUT2D eigenvalue weighted by molar-refractivity contribution is -0.123. The van der Waals surface area contributed by atoms with Gasteiger partial charge in [-0.25, -0.2) is 9.48 Å². The van der Waals surface area contributed by atoms with Gasteiger partial charge in [-0.05, 0) is 48.4 Å². The Kier molecular flexibility index (Phi) is 4.59. The first-order valence-electron chi connectivity index (χ1n) is 9.07. The van der Waals surface area contributed by atoms with Gasteiger partial charge in [0.1, 0.15) is 5.54 Å². The van der Waals surface area contributed by atoms with E-state index < -0.39 is 17.5 Å². The van der Waals surface area contributed by atoms with Crippen LogP contribution < -0.4 is 16.0 Å². The Labute approximate surface area is 166 Å². The number of amides is 4. The van der Waals surface area contributed by atoms with E-state index >= 15 is 0 Å². The van der Waals surface area contributed by atoms with Crippen molar-refractivity contribution in [1.82, 2.24) is 20.4 Å². The van der Waals surface area contributed by atoms with Gasteiger partial charge in [-0.2, -0.15) is 5.10 Å². The zero-order valence-corrected chi connectivity index (χ0v) is 15.7. The van der Waals surface area contributed by atoms with Crippen LogP contribution in [0, 0.1) is 0 Å². The summed E-state index contributed by atoms with van der Waals surface area (Å²) in [6, 6.07) is 15.8. The van der Waals surface area contributed by atoms with Crippen molar-refractivity contribution < 1.29 is 14.4 Å². The van der Waals surface area contributed by atoms with Crippen molar-refractivity contribution in [3.63, 3.8) is 0 Å². The number of hydrogen-bond donors (Lipinski definition) is 3. The summed E-state index contributed by atoms with van der Waals surface area (Å²) in [7, 11) is 0. The fourth-order valence-corrected chi connectivity index (χ4v) is 3.23. The van der Waals surface area contributed by atoms with E-state index in [0.29, 0.717) is 11.3 Å². The number of rotatable bonds is 5. The Morgan fingerprint density at radius 2 is 1.93 bits per heavy atom. The maximum Gasteiger partial charge on any atom is 0.322 e. The molecule has 8 heteroatoms. The van der Waals surface area contributed by atoms with E-state index in [1.807, 2.05) is 36.5 Å². The zero-order valence-electron chi connectivity index (χ0n) is 15.7. The van der Waals surface area contributed by atoms with Crippen molar-refractivity contribution in [1.29, 1.82) is 0 Å². The molecule has 0 spiro atoms. The third-order valence-electron chi connectivity index (χ3n) is 4.84. The van der Waals surface area contributed by atoms with Crippen LogP contribution in [0.25, 0.3) is 5.69 Å². The average molecular weight is 389 g/mol. The number of nitrogens with zero attached hydrogens (tertiary/aromatic N) is 2. The molecule has 146 valence electrons. The van der Waals surface area contributed by atoms with Gasteiger partial charge in [0.25, 0.3) is 5.91 Å². The van der Waals surface area contributed by atoms with Crippen LogP contribution >= 0.6 is 0 Å². The minimum atomic E-state index is -1.17. The van der Waals surface area contributed by atoms with Crippen LogP contribution in [0.1, 0.15) is 18.1 Å². The van der Waals surface area contributed by atoms with Gasteiger partial charge in [0.2, 0.25) is 5.91 Å². The molecular weight excluding hydrogens is 370 g/mol. The van der Waals surface area contributed by atoms with Gasteiger partial charge in [-0.3, -0.25) is 14.9 Å². The van der Waals surface area contributed by atoms with Gasteiger partial charge in [0, 0.05) is 18.1 Å². The number of nitrogens with one attached hydrogen (secondary N) is 3. The number of aromatic nitrogens is 2. The first-order valence-corrected chi connectivity index (χ1v) is 9.07. The second-order valence-corrected chi connectivity index (χ2v) is 6.96. The van der Waals surface area contributed by atoms with E-state index in [9.17, 15) is 14.4 Å². The summed E-state index contributed by atoms with van der Waals surface area (Å²) in [6.45, 7) is 1.62. The van der Waals surface area contributed by atoms with E-state index in [4.69, 9.17) is 0 Å². The molecule has 0 radical (unpaired) electrons. The molecule has 4 rings (SSSR count). The topological polar surface area (TPSA) is 105 Å². The van der Waals surface area contributed by atoms with Crippen LogP contribution in [-0.4, -0.2) is 27.6 Å². The fourth-order valence-electron chi connectivity index (χ4n) is 3.23. The van der Waals surface area contributed by atoms with E-state index in [0.717, 1.165) is 11.3 Å². The van der Waals surface area contributed by atoms with Crippen LogP contribution in [-0.2, 0) is 21.5 Å². The molecule has 0 aliphatic carbocycles. The first-order chi connectivity index (χ1) is 13.9. The molecule has 1 fully saturated rings. The molecule has 4 amide bonds. The van der Waals surface area contributed by atoms with Crippen molar-refractivity contribution in [2.75, 3.05) is 5.32 Å². The van der Waals surface area contributed by atoms with Gasteiger partial charge in [0.15, 0.2) is 0 Å². The molecule has 3 aromatic rings. The van der Waals surface area contributed by atoms with Crippen molar-refractivity contribution in [3.8, 4) is 5.69 Å².